The van der Waals surface area contributed by atoms with E-state index in [1.165, 1.54) is 0 Å². The molecule has 1 fully saturated rings. The number of imide groups is 1. The van der Waals surface area contributed by atoms with Crippen LogP contribution in [0.4, 0.5) is 16.3 Å². The number of carbonyl (C=O) groups is 2. The Labute approximate surface area is 156 Å². The van der Waals surface area contributed by atoms with Crippen molar-refractivity contribution in [2.45, 2.75) is 19.8 Å². The average molecular weight is 374 g/mol. The minimum atomic E-state index is -0.754. The highest BCUT2D eigenvalue weighted by Gasteiger charge is 2.33. The summed E-state index contributed by atoms with van der Waals surface area (Å²) in [5, 5.41) is 7.61. The summed E-state index contributed by atoms with van der Waals surface area (Å²) < 4.78 is 15.4. The number of amides is 2. The first-order valence-corrected chi connectivity index (χ1v) is 8.94. The Balaban J connectivity index is 1.87. The van der Waals surface area contributed by atoms with Crippen molar-refractivity contribution < 1.29 is 23.7 Å². The quantitative estimate of drug-likeness (QED) is 0.711. The van der Waals surface area contributed by atoms with E-state index in [9.17, 15) is 9.59 Å². The number of hydrogen-bond donors (Lipinski definition) is 0. The Morgan fingerprint density at radius 1 is 1.19 bits per heavy atom. The van der Waals surface area contributed by atoms with Crippen molar-refractivity contribution in [1.29, 1.82) is 0 Å². The van der Waals surface area contributed by atoms with Crippen molar-refractivity contribution in [3.05, 3.63) is 36.0 Å². The molecule has 0 atom stereocenters. The molecule has 0 spiro atoms. The van der Waals surface area contributed by atoms with Gasteiger partial charge in [-0.05, 0) is 28.9 Å². The van der Waals surface area contributed by atoms with Gasteiger partial charge in [0.15, 0.2) is 0 Å². The van der Waals surface area contributed by atoms with Crippen molar-refractivity contribution in [3.63, 3.8) is 0 Å². The van der Waals surface area contributed by atoms with Gasteiger partial charge in [-0.1, -0.05) is 31.5 Å². The minimum Gasteiger partial charge on any atom is -0.449 e. The van der Waals surface area contributed by atoms with Gasteiger partial charge < -0.3 is 14.4 Å². The lowest BCUT2D eigenvalue weighted by molar-refractivity contribution is 0.0953. The fourth-order valence-corrected chi connectivity index (χ4v) is 2.66. The summed E-state index contributed by atoms with van der Waals surface area (Å²) in [6.07, 6.45) is 0.837. The van der Waals surface area contributed by atoms with Gasteiger partial charge in [0.2, 0.25) is 11.5 Å². The first-order valence-electron chi connectivity index (χ1n) is 8.94. The molecule has 0 bridgehead atoms. The molecule has 0 unspecified atom stereocenters. The number of nitrogens with zero attached hydrogens (tertiary/aromatic N) is 4. The van der Waals surface area contributed by atoms with Crippen LogP contribution in [0.1, 0.15) is 30.3 Å². The van der Waals surface area contributed by atoms with Gasteiger partial charge in [-0.3, -0.25) is 4.79 Å². The van der Waals surface area contributed by atoms with Gasteiger partial charge in [0.05, 0.1) is 25.5 Å². The molecule has 27 heavy (non-hydrogen) atoms. The first-order chi connectivity index (χ1) is 13.2. The molecular formula is C18H22N4O5. The van der Waals surface area contributed by atoms with Crippen LogP contribution >= 0.6 is 0 Å². The number of unbranched alkanes of at least 4 members (excludes halogenated alkanes) is 1. The molecule has 0 N–H and O–H groups in total. The third-order valence-electron chi connectivity index (χ3n) is 4.11. The topological polar surface area (TPSA) is 98.0 Å². The van der Waals surface area contributed by atoms with Gasteiger partial charge in [0.25, 0.3) is 5.91 Å². The summed E-state index contributed by atoms with van der Waals surface area (Å²) in [6, 6.07) is 8.57. The van der Waals surface area contributed by atoms with Gasteiger partial charge in [0, 0.05) is 13.1 Å². The molecule has 2 aromatic rings. The highest BCUT2D eigenvalue weighted by atomic mass is 16.6. The second-order valence-corrected chi connectivity index (χ2v) is 5.98. The maximum Gasteiger partial charge on any atom is 0.421 e. The molecule has 1 aliphatic rings. The summed E-state index contributed by atoms with van der Waals surface area (Å²) >= 11 is 0. The van der Waals surface area contributed by atoms with E-state index < -0.39 is 12.0 Å². The predicted octanol–water partition coefficient (Wildman–Crippen LogP) is 2.49. The highest BCUT2D eigenvalue weighted by molar-refractivity contribution is 6.20. The van der Waals surface area contributed by atoms with Crippen molar-refractivity contribution in [1.82, 2.24) is 10.3 Å². The molecule has 0 radical (unpaired) electrons. The Bertz CT molecular complexity index is 758. The molecule has 3 rings (SSSR count). The van der Waals surface area contributed by atoms with E-state index >= 15 is 0 Å². The van der Waals surface area contributed by atoms with Crippen molar-refractivity contribution >= 4 is 23.5 Å². The highest BCUT2D eigenvalue weighted by Crippen LogP contribution is 2.23. The first kappa shape index (κ1) is 18.8. The lowest BCUT2D eigenvalue weighted by Crippen LogP contribution is -2.41. The predicted molar refractivity (Wildman–Crippen MR) is 96.8 cm³/mol. The van der Waals surface area contributed by atoms with Crippen LogP contribution < -0.4 is 9.80 Å². The molecule has 1 aliphatic heterocycles. The monoisotopic (exact) mass is 374 g/mol. The molecule has 1 saturated heterocycles. The van der Waals surface area contributed by atoms with Crippen molar-refractivity contribution in [3.8, 4) is 0 Å². The molecule has 1 aromatic carbocycles. The zero-order chi connectivity index (χ0) is 19.1. The summed E-state index contributed by atoms with van der Waals surface area (Å²) in [5.41, 5.74) is 0.355. The van der Waals surface area contributed by atoms with Crippen LogP contribution in [-0.4, -0.2) is 55.2 Å². The van der Waals surface area contributed by atoms with Gasteiger partial charge in [-0.25, -0.2) is 14.3 Å². The lowest BCUT2D eigenvalue weighted by Gasteiger charge is -2.27. The summed E-state index contributed by atoms with van der Waals surface area (Å²) in [6.45, 7) is 4.37. The summed E-state index contributed by atoms with van der Waals surface area (Å²) in [5.74, 6) is -0.351. The maximum absolute atomic E-state index is 13.1. The molecular weight excluding hydrogens is 352 g/mol. The zero-order valence-electron chi connectivity index (χ0n) is 15.2. The molecule has 9 nitrogen and oxygen atoms in total. The van der Waals surface area contributed by atoms with Crippen LogP contribution in [-0.2, 0) is 9.47 Å². The fraction of sp³-hybridized carbons (Fsp3) is 0.444. The van der Waals surface area contributed by atoms with Gasteiger partial charge >= 0.3 is 6.09 Å². The standard InChI is InChI=1S/C18H22N4O5/c1-2-3-11-26-18(24)22(14-7-5-4-6-8-14)17(23)15-16(20-27-19-15)21-9-12-25-13-10-21/h4-8H,2-3,9-13H2,1H3. The Morgan fingerprint density at radius 3 is 2.63 bits per heavy atom. The molecule has 1 aromatic heterocycles. The van der Waals surface area contributed by atoms with E-state index in [1.807, 2.05) is 11.8 Å². The number of morpholine rings is 1. The number of carbonyl (C=O) groups excluding carboxylic acids is 2. The molecule has 9 heteroatoms. The largest absolute Gasteiger partial charge is 0.449 e. The van der Waals surface area contributed by atoms with E-state index in [4.69, 9.17) is 14.1 Å². The summed E-state index contributed by atoms with van der Waals surface area (Å²) in [4.78, 5) is 28.6. The minimum absolute atomic E-state index is 0.0341. The van der Waals surface area contributed by atoms with Crippen molar-refractivity contribution in [2.75, 3.05) is 42.7 Å². The number of aromatic nitrogens is 2. The van der Waals surface area contributed by atoms with E-state index in [0.717, 1.165) is 11.3 Å². The van der Waals surface area contributed by atoms with E-state index in [2.05, 4.69) is 10.3 Å². The van der Waals surface area contributed by atoms with Crippen LogP contribution in [0.5, 0.6) is 0 Å². The van der Waals surface area contributed by atoms with E-state index in [1.54, 1.807) is 30.3 Å². The Kier molecular flexibility index (Phi) is 6.37. The average Bonchev–Trinajstić information content (AvgIpc) is 3.20. The molecule has 144 valence electrons. The summed E-state index contributed by atoms with van der Waals surface area (Å²) in [7, 11) is 0. The van der Waals surface area contributed by atoms with Crippen LogP contribution in [0, 0.1) is 0 Å². The van der Waals surface area contributed by atoms with Crippen LogP contribution in [0.2, 0.25) is 0 Å². The molecule has 0 aliphatic carbocycles. The van der Waals surface area contributed by atoms with Crippen LogP contribution in [0.3, 0.4) is 0 Å². The van der Waals surface area contributed by atoms with Crippen molar-refractivity contribution in [2.24, 2.45) is 0 Å². The third-order valence-corrected chi connectivity index (χ3v) is 4.11. The van der Waals surface area contributed by atoms with Gasteiger partial charge in [0.1, 0.15) is 0 Å². The number of para-hydroxylation sites is 1. The fourth-order valence-electron chi connectivity index (χ4n) is 2.66. The number of hydrogen-bond acceptors (Lipinski definition) is 8. The molecule has 2 amide bonds. The third kappa shape index (κ3) is 4.43. The Hall–Kier alpha value is -2.94. The zero-order valence-corrected chi connectivity index (χ0v) is 15.2. The number of anilines is 2. The normalized spacial score (nSPS) is 14.0. The second kappa shape index (κ2) is 9.13. The number of benzene rings is 1. The van der Waals surface area contributed by atoms with E-state index in [0.29, 0.717) is 44.2 Å². The van der Waals surface area contributed by atoms with Crippen LogP contribution in [0.15, 0.2) is 35.0 Å². The smallest absolute Gasteiger partial charge is 0.421 e. The van der Waals surface area contributed by atoms with E-state index in [-0.39, 0.29) is 12.3 Å². The van der Waals surface area contributed by atoms with Gasteiger partial charge in [-0.2, -0.15) is 0 Å². The number of ether oxygens (including phenoxy) is 2. The van der Waals surface area contributed by atoms with Crippen LogP contribution in [0.25, 0.3) is 0 Å². The molecule has 2 heterocycles. The van der Waals surface area contributed by atoms with Gasteiger partial charge in [-0.15, -0.1) is 0 Å². The number of rotatable bonds is 6. The SMILES string of the molecule is CCCCOC(=O)N(C(=O)c1nonc1N1CCOCC1)c1ccccc1. The molecule has 0 saturated carbocycles. The second-order valence-electron chi connectivity index (χ2n) is 5.98. The lowest BCUT2D eigenvalue weighted by atomic mass is 10.2. The maximum atomic E-state index is 13.1. The Morgan fingerprint density at radius 2 is 1.93 bits per heavy atom.